The lowest BCUT2D eigenvalue weighted by atomic mass is 9.56. The van der Waals surface area contributed by atoms with E-state index in [2.05, 4.69) is 0 Å². The molecule has 0 bridgehead atoms. The number of rotatable bonds is 4. The first kappa shape index (κ1) is 28.4. The summed E-state index contributed by atoms with van der Waals surface area (Å²) in [7, 11) is 2.60. The van der Waals surface area contributed by atoms with Gasteiger partial charge in [0.25, 0.3) is 17.5 Å². The molecule has 2 heterocycles. The second kappa shape index (κ2) is 9.42. The summed E-state index contributed by atoms with van der Waals surface area (Å²) in [6.45, 7) is 0. The predicted octanol–water partition coefficient (Wildman–Crippen LogP) is 4.16. The first-order valence-corrected chi connectivity index (χ1v) is 14.0. The Morgan fingerprint density at radius 2 is 1.71 bits per heavy atom. The van der Waals surface area contributed by atoms with Crippen molar-refractivity contribution in [2.75, 3.05) is 19.1 Å². The Hall–Kier alpha value is -3.67. The molecule has 14 heteroatoms. The molecule has 4 amide bonds. The van der Waals surface area contributed by atoms with Gasteiger partial charge in [-0.15, -0.1) is 23.2 Å². The van der Waals surface area contributed by atoms with Crippen molar-refractivity contribution in [3.05, 3.63) is 68.7 Å². The summed E-state index contributed by atoms with van der Waals surface area (Å²) in [6.07, 6.45) is 1.68. The van der Waals surface area contributed by atoms with Crippen LogP contribution < -0.4 is 9.64 Å². The Morgan fingerprint density at radius 1 is 1.05 bits per heavy atom. The third-order valence-electron chi connectivity index (χ3n) is 8.94. The zero-order valence-electron chi connectivity index (χ0n) is 22.0. The van der Waals surface area contributed by atoms with Crippen LogP contribution in [0.5, 0.6) is 11.5 Å². The number of nitrogens with zero attached hydrogens (tertiary/aromatic N) is 3. The van der Waals surface area contributed by atoms with Crippen LogP contribution in [0.1, 0.15) is 24.3 Å². The number of likely N-dealkylation sites (tertiary alicyclic amines) is 1. The van der Waals surface area contributed by atoms with Crippen molar-refractivity contribution in [3.8, 4) is 11.5 Å². The molecule has 0 radical (unpaired) electrons. The minimum absolute atomic E-state index is 0.00376. The van der Waals surface area contributed by atoms with Crippen LogP contribution in [-0.2, 0) is 19.2 Å². The van der Waals surface area contributed by atoms with E-state index in [9.17, 15) is 34.4 Å². The number of aromatic hydroxyl groups is 1. The van der Waals surface area contributed by atoms with E-state index in [0.717, 1.165) is 9.80 Å². The lowest BCUT2D eigenvalue weighted by Gasteiger charge is -2.50. The highest BCUT2D eigenvalue weighted by molar-refractivity contribution is 6.53. The maximum absolute atomic E-state index is 14.0. The van der Waals surface area contributed by atoms with E-state index in [1.54, 1.807) is 6.08 Å². The van der Waals surface area contributed by atoms with Crippen molar-refractivity contribution < 1.29 is 33.9 Å². The van der Waals surface area contributed by atoms with Gasteiger partial charge in [0, 0.05) is 25.1 Å². The van der Waals surface area contributed by atoms with Crippen molar-refractivity contribution in [1.82, 2.24) is 4.90 Å². The standard InChI is InChI=1S/C28H22Cl3N3O8/c1-32-25(38)27(30)11-17-15(21(28(27,31)26(32)39)12-9-18(29)22(35)19(10-12)42-2)7-8-16-20(17)24(37)33(23(16)36)13-3-5-14(6-4-13)34(40)41/h3-7,9-10,16-17,20-21,35H,8,11H2,1-2H3. The maximum Gasteiger partial charge on any atom is 0.269 e. The van der Waals surface area contributed by atoms with Gasteiger partial charge in [0.2, 0.25) is 11.8 Å². The molecule has 2 aliphatic carbocycles. The Morgan fingerprint density at radius 3 is 2.33 bits per heavy atom. The highest BCUT2D eigenvalue weighted by Crippen LogP contribution is 2.65. The first-order chi connectivity index (χ1) is 19.8. The lowest BCUT2D eigenvalue weighted by Crippen LogP contribution is -2.60. The number of fused-ring (bicyclic) bond motifs is 4. The molecule has 218 valence electrons. The number of phenols is 1. The molecule has 4 aliphatic rings. The molecule has 0 spiro atoms. The van der Waals surface area contributed by atoms with E-state index in [-0.39, 0.29) is 40.7 Å². The van der Waals surface area contributed by atoms with Crippen LogP contribution in [0.25, 0.3) is 0 Å². The third kappa shape index (κ3) is 3.53. The molecule has 6 rings (SSSR count). The second-order valence-corrected chi connectivity index (χ2v) is 12.5. The van der Waals surface area contributed by atoms with Crippen LogP contribution in [0.3, 0.4) is 0 Å². The third-order valence-corrected chi connectivity index (χ3v) is 10.6. The molecule has 0 aromatic heterocycles. The summed E-state index contributed by atoms with van der Waals surface area (Å²) in [6, 6.07) is 7.91. The number of alkyl halides is 2. The summed E-state index contributed by atoms with van der Waals surface area (Å²) in [5.74, 6) is -6.47. The number of amides is 4. The van der Waals surface area contributed by atoms with Crippen molar-refractivity contribution in [3.63, 3.8) is 0 Å². The quantitative estimate of drug-likeness (QED) is 0.173. The number of halogens is 3. The number of imide groups is 2. The molecule has 6 atom stereocenters. The van der Waals surface area contributed by atoms with E-state index in [0.29, 0.717) is 11.1 Å². The molecule has 6 unspecified atom stereocenters. The fraction of sp³-hybridized carbons (Fsp3) is 0.357. The van der Waals surface area contributed by atoms with E-state index in [4.69, 9.17) is 39.5 Å². The molecule has 3 fully saturated rings. The minimum Gasteiger partial charge on any atom is -0.503 e. The van der Waals surface area contributed by atoms with Crippen LogP contribution >= 0.6 is 34.8 Å². The van der Waals surface area contributed by atoms with Crippen molar-refractivity contribution in [2.45, 2.75) is 28.5 Å². The molecule has 1 N–H and O–H groups in total. The molecule has 42 heavy (non-hydrogen) atoms. The summed E-state index contributed by atoms with van der Waals surface area (Å²) in [5, 5.41) is 21.4. The van der Waals surface area contributed by atoms with Gasteiger partial charge in [-0.2, -0.15) is 0 Å². The SMILES string of the molecule is COc1cc(C2C3=CCC4C(=O)N(c5ccc([N+](=O)[O-])cc5)C(=O)C4C3CC3(Cl)C(=O)N(C)C(=O)C23Cl)cc(Cl)c1O. The monoisotopic (exact) mass is 633 g/mol. The van der Waals surface area contributed by atoms with Crippen LogP contribution in [0, 0.1) is 27.9 Å². The largest absolute Gasteiger partial charge is 0.503 e. The van der Waals surface area contributed by atoms with Gasteiger partial charge in [-0.1, -0.05) is 23.3 Å². The molecule has 11 nitrogen and oxygen atoms in total. The number of ether oxygens (including phenoxy) is 1. The Labute approximate surface area is 253 Å². The molecule has 2 aromatic carbocycles. The zero-order chi connectivity index (χ0) is 30.5. The van der Waals surface area contributed by atoms with E-state index < -0.39 is 62.0 Å². The van der Waals surface area contributed by atoms with Crippen LogP contribution in [-0.4, -0.2) is 62.5 Å². The van der Waals surface area contributed by atoms with Crippen molar-refractivity contribution in [2.24, 2.45) is 17.8 Å². The topological polar surface area (TPSA) is 147 Å². The van der Waals surface area contributed by atoms with Crippen LogP contribution in [0.4, 0.5) is 11.4 Å². The molecular weight excluding hydrogens is 613 g/mol. The fourth-order valence-electron chi connectivity index (χ4n) is 7.01. The first-order valence-electron chi connectivity index (χ1n) is 12.9. The number of anilines is 1. The van der Waals surface area contributed by atoms with Gasteiger partial charge in [0.1, 0.15) is 0 Å². The van der Waals surface area contributed by atoms with Gasteiger partial charge in [-0.25, -0.2) is 0 Å². The second-order valence-electron chi connectivity index (χ2n) is 10.8. The number of carbonyl (C=O) groups is 4. The predicted molar refractivity (Wildman–Crippen MR) is 151 cm³/mol. The summed E-state index contributed by atoms with van der Waals surface area (Å²) < 4.78 is 5.28. The van der Waals surface area contributed by atoms with Gasteiger partial charge in [0.05, 0.1) is 34.6 Å². The van der Waals surface area contributed by atoms with Crippen LogP contribution in [0.2, 0.25) is 5.02 Å². The van der Waals surface area contributed by atoms with Crippen molar-refractivity contribution >= 4 is 69.8 Å². The number of carbonyl (C=O) groups excluding carboxylic acids is 4. The van der Waals surface area contributed by atoms with Gasteiger partial charge < -0.3 is 9.84 Å². The Kier molecular flexibility index (Phi) is 6.38. The van der Waals surface area contributed by atoms with E-state index in [1.807, 2.05) is 0 Å². The van der Waals surface area contributed by atoms with Gasteiger partial charge in [0.15, 0.2) is 21.2 Å². The highest BCUT2D eigenvalue weighted by Gasteiger charge is 2.76. The average Bonchev–Trinajstić information content (AvgIpc) is 3.29. The summed E-state index contributed by atoms with van der Waals surface area (Å²) >= 11 is 20.6. The minimum atomic E-state index is -2.02. The number of hydrogen-bond acceptors (Lipinski definition) is 8. The average molecular weight is 635 g/mol. The van der Waals surface area contributed by atoms with E-state index in [1.165, 1.54) is 50.6 Å². The molecule has 1 saturated carbocycles. The molecule has 2 aromatic rings. The van der Waals surface area contributed by atoms with Crippen LogP contribution in [0.15, 0.2) is 48.0 Å². The number of allylic oxidation sites excluding steroid dienone is 2. The molecular formula is C28H22Cl3N3O8. The normalized spacial score (nSPS) is 32.0. The van der Waals surface area contributed by atoms with E-state index >= 15 is 0 Å². The summed E-state index contributed by atoms with van der Waals surface area (Å²) in [5.41, 5.74) is 0.834. The number of nitro benzene ring substituents is 1. The molecule has 2 aliphatic heterocycles. The molecule has 2 saturated heterocycles. The smallest absolute Gasteiger partial charge is 0.269 e. The van der Waals surface area contributed by atoms with Gasteiger partial charge in [-0.05, 0) is 48.6 Å². The fourth-order valence-corrected chi connectivity index (χ4v) is 8.25. The van der Waals surface area contributed by atoms with Crippen molar-refractivity contribution in [1.29, 1.82) is 0 Å². The number of non-ortho nitro benzene ring substituents is 1. The Bertz CT molecular complexity index is 1650. The lowest BCUT2D eigenvalue weighted by molar-refractivity contribution is -0.384. The number of methoxy groups -OCH3 is 1. The maximum atomic E-state index is 14.0. The summed E-state index contributed by atoms with van der Waals surface area (Å²) in [4.78, 5) is 63.2. The zero-order valence-corrected chi connectivity index (χ0v) is 24.3. The Balaban J connectivity index is 1.50. The number of nitro groups is 1. The number of benzene rings is 2. The van der Waals surface area contributed by atoms with Gasteiger partial charge >= 0.3 is 0 Å². The number of hydrogen-bond donors (Lipinski definition) is 1. The highest BCUT2D eigenvalue weighted by atomic mass is 35.5. The van der Waals surface area contributed by atoms with Gasteiger partial charge in [-0.3, -0.25) is 39.1 Å². The number of phenolic OH excluding ortho intramolecular Hbond substituents is 1.